The van der Waals surface area contributed by atoms with Crippen molar-refractivity contribution < 1.29 is 4.39 Å². The highest BCUT2D eigenvalue weighted by atomic mass is 35.5. The van der Waals surface area contributed by atoms with Gasteiger partial charge in [-0.25, -0.2) is 4.39 Å². The first-order valence-corrected chi connectivity index (χ1v) is 6.38. The van der Waals surface area contributed by atoms with Crippen molar-refractivity contribution in [1.29, 1.82) is 0 Å². The summed E-state index contributed by atoms with van der Waals surface area (Å²) in [6.07, 6.45) is 0. The van der Waals surface area contributed by atoms with Gasteiger partial charge in [-0.2, -0.15) is 0 Å². The molecule has 1 N–H and O–H groups in total. The maximum Gasteiger partial charge on any atom is 0.125 e. The highest BCUT2D eigenvalue weighted by Gasteiger charge is 2.00. The van der Waals surface area contributed by atoms with Crippen LogP contribution in [0.1, 0.15) is 5.56 Å². The van der Waals surface area contributed by atoms with E-state index in [-0.39, 0.29) is 5.82 Å². The van der Waals surface area contributed by atoms with Crippen LogP contribution in [0.3, 0.4) is 0 Å². The van der Waals surface area contributed by atoms with Crippen LogP contribution in [0.15, 0.2) is 42.5 Å². The Bertz CT molecular complexity index is 532. The maximum absolute atomic E-state index is 13.2. The second-order valence-electron chi connectivity index (χ2n) is 4.57. The number of nitrogens with one attached hydrogen (secondary N) is 1. The molecule has 0 radical (unpaired) electrons. The fourth-order valence-corrected chi connectivity index (χ4v) is 2.04. The molecule has 100 valence electrons. The lowest BCUT2D eigenvalue weighted by Gasteiger charge is -2.13. The summed E-state index contributed by atoms with van der Waals surface area (Å²) in [6.45, 7) is 0.540. The molecule has 0 fully saturated rings. The van der Waals surface area contributed by atoms with Gasteiger partial charge in [-0.1, -0.05) is 11.6 Å². The van der Waals surface area contributed by atoms with Gasteiger partial charge in [0.25, 0.3) is 0 Å². The van der Waals surface area contributed by atoms with Crippen LogP contribution in [0.2, 0.25) is 5.02 Å². The zero-order chi connectivity index (χ0) is 13.8. The maximum atomic E-state index is 13.2. The first-order valence-electron chi connectivity index (χ1n) is 6.01. The fourth-order valence-electron chi connectivity index (χ4n) is 1.79. The van der Waals surface area contributed by atoms with Crippen molar-refractivity contribution in [2.75, 3.05) is 24.3 Å². The predicted octanol–water partition coefficient (Wildman–Crippen LogP) is 4.16. The van der Waals surface area contributed by atoms with Crippen LogP contribution >= 0.6 is 11.6 Å². The summed E-state index contributed by atoms with van der Waals surface area (Å²) in [6, 6.07) is 12.6. The molecule has 2 nitrogen and oxygen atoms in total. The van der Waals surface area contributed by atoms with Crippen LogP contribution in [0, 0.1) is 5.82 Å². The standard InChI is InChI=1S/C15H16ClFN2/c1-19(2)15-5-3-14(4-6-15)18-10-11-7-12(16)9-13(17)8-11/h3-9,18H,10H2,1-2H3. The number of benzene rings is 2. The van der Waals surface area contributed by atoms with Gasteiger partial charge in [0.05, 0.1) is 0 Å². The van der Waals surface area contributed by atoms with Crippen LogP contribution in [0.4, 0.5) is 15.8 Å². The van der Waals surface area contributed by atoms with Gasteiger partial charge in [0.1, 0.15) is 5.82 Å². The quantitative estimate of drug-likeness (QED) is 0.903. The van der Waals surface area contributed by atoms with Crippen LogP contribution in [-0.4, -0.2) is 14.1 Å². The summed E-state index contributed by atoms with van der Waals surface area (Å²) in [4.78, 5) is 2.04. The molecule has 0 bridgehead atoms. The number of anilines is 2. The van der Waals surface area contributed by atoms with E-state index < -0.39 is 0 Å². The molecule has 0 aromatic heterocycles. The highest BCUT2D eigenvalue weighted by molar-refractivity contribution is 6.30. The normalized spacial score (nSPS) is 10.3. The molecule has 0 aliphatic rings. The molecule has 4 heteroatoms. The van der Waals surface area contributed by atoms with Gasteiger partial charge in [0.15, 0.2) is 0 Å². The summed E-state index contributed by atoms with van der Waals surface area (Å²) in [7, 11) is 3.99. The van der Waals surface area contributed by atoms with E-state index in [9.17, 15) is 4.39 Å². The smallest absolute Gasteiger partial charge is 0.125 e. The topological polar surface area (TPSA) is 15.3 Å². The molecule has 0 aliphatic carbocycles. The lowest BCUT2D eigenvalue weighted by Crippen LogP contribution is -2.08. The lowest BCUT2D eigenvalue weighted by molar-refractivity contribution is 0.626. The summed E-state index contributed by atoms with van der Waals surface area (Å²) in [5.74, 6) is -0.313. The molecule has 2 aromatic carbocycles. The summed E-state index contributed by atoms with van der Waals surface area (Å²) >= 11 is 5.81. The largest absolute Gasteiger partial charge is 0.381 e. The van der Waals surface area contributed by atoms with Gasteiger partial charge < -0.3 is 10.2 Å². The van der Waals surface area contributed by atoms with Crippen molar-refractivity contribution in [1.82, 2.24) is 0 Å². The number of hydrogen-bond acceptors (Lipinski definition) is 2. The molecule has 0 unspecified atom stereocenters. The van der Waals surface area contributed by atoms with Crippen molar-refractivity contribution in [3.8, 4) is 0 Å². The number of rotatable bonds is 4. The first-order chi connectivity index (χ1) is 9.04. The number of halogens is 2. The molecule has 19 heavy (non-hydrogen) atoms. The Labute approximate surface area is 117 Å². The molecule has 0 saturated heterocycles. The summed E-state index contributed by atoms with van der Waals surface area (Å²) in [5, 5.41) is 3.65. The van der Waals surface area contributed by atoms with Crippen LogP contribution in [0.25, 0.3) is 0 Å². The van der Waals surface area contributed by atoms with Crippen LogP contribution in [-0.2, 0) is 6.54 Å². The van der Waals surface area contributed by atoms with E-state index in [2.05, 4.69) is 5.32 Å². The van der Waals surface area contributed by atoms with Gasteiger partial charge in [-0.05, 0) is 48.0 Å². The number of nitrogens with zero attached hydrogens (tertiary/aromatic N) is 1. The lowest BCUT2D eigenvalue weighted by atomic mass is 10.2. The molecular weight excluding hydrogens is 263 g/mol. The van der Waals surface area contributed by atoms with Crippen molar-refractivity contribution in [3.63, 3.8) is 0 Å². The third-order valence-corrected chi connectivity index (χ3v) is 3.02. The molecule has 0 spiro atoms. The number of hydrogen-bond donors (Lipinski definition) is 1. The SMILES string of the molecule is CN(C)c1ccc(NCc2cc(F)cc(Cl)c2)cc1. The molecule has 0 aliphatic heterocycles. The average Bonchev–Trinajstić information content (AvgIpc) is 2.36. The van der Waals surface area contributed by atoms with Crippen molar-refractivity contribution in [2.24, 2.45) is 0 Å². The Hall–Kier alpha value is -1.74. The van der Waals surface area contributed by atoms with E-state index in [1.165, 1.54) is 12.1 Å². The van der Waals surface area contributed by atoms with E-state index in [4.69, 9.17) is 11.6 Å². The minimum Gasteiger partial charge on any atom is -0.381 e. The molecule has 0 saturated carbocycles. The van der Waals surface area contributed by atoms with E-state index in [0.717, 1.165) is 16.9 Å². The molecule has 2 rings (SSSR count). The van der Waals surface area contributed by atoms with Crippen LogP contribution in [0.5, 0.6) is 0 Å². The predicted molar refractivity (Wildman–Crippen MR) is 79.5 cm³/mol. The second kappa shape index (κ2) is 5.93. The second-order valence-corrected chi connectivity index (χ2v) is 5.01. The molecule has 0 amide bonds. The Balaban J connectivity index is 2.02. The zero-order valence-corrected chi connectivity index (χ0v) is 11.7. The summed E-state index contributed by atoms with van der Waals surface area (Å²) in [5.41, 5.74) is 2.95. The van der Waals surface area contributed by atoms with E-state index in [1.807, 2.05) is 43.3 Å². The fraction of sp³-hybridized carbons (Fsp3) is 0.200. The van der Waals surface area contributed by atoms with Crippen molar-refractivity contribution in [3.05, 3.63) is 58.9 Å². The van der Waals surface area contributed by atoms with Crippen molar-refractivity contribution >= 4 is 23.0 Å². The Morgan fingerprint density at radius 2 is 1.79 bits per heavy atom. The average molecular weight is 279 g/mol. The van der Waals surface area contributed by atoms with Gasteiger partial charge in [-0.3, -0.25) is 0 Å². The minimum atomic E-state index is -0.313. The van der Waals surface area contributed by atoms with Gasteiger partial charge >= 0.3 is 0 Å². The van der Waals surface area contributed by atoms with E-state index >= 15 is 0 Å². The van der Waals surface area contributed by atoms with Gasteiger partial charge in [0, 0.05) is 37.0 Å². The molecule has 2 aromatic rings. The Morgan fingerprint density at radius 1 is 1.11 bits per heavy atom. The van der Waals surface area contributed by atoms with E-state index in [1.54, 1.807) is 6.07 Å². The molecule has 0 atom stereocenters. The Kier molecular flexibility index (Phi) is 4.27. The van der Waals surface area contributed by atoms with Gasteiger partial charge in [0.2, 0.25) is 0 Å². The van der Waals surface area contributed by atoms with Gasteiger partial charge in [-0.15, -0.1) is 0 Å². The zero-order valence-electron chi connectivity index (χ0n) is 11.0. The minimum absolute atomic E-state index is 0.313. The first kappa shape index (κ1) is 13.7. The summed E-state index contributed by atoms with van der Waals surface area (Å²) < 4.78 is 13.2. The van der Waals surface area contributed by atoms with Crippen LogP contribution < -0.4 is 10.2 Å². The Morgan fingerprint density at radius 3 is 2.37 bits per heavy atom. The van der Waals surface area contributed by atoms with E-state index in [0.29, 0.717) is 11.6 Å². The molecular formula is C15H16ClFN2. The third-order valence-electron chi connectivity index (χ3n) is 2.80. The molecule has 0 heterocycles. The monoisotopic (exact) mass is 278 g/mol. The third kappa shape index (κ3) is 3.86. The van der Waals surface area contributed by atoms with Crippen molar-refractivity contribution in [2.45, 2.75) is 6.54 Å². The highest BCUT2D eigenvalue weighted by Crippen LogP contribution is 2.18.